The number of carbonyl (C=O) groups is 1. The van der Waals surface area contributed by atoms with Gasteiger partial charge in [-0.3, -0.25) is 0 Å². The maximum atomic E-state index is 12.4. The summed E-state index contributed by atoms with van der Waals surface area (Å²) in [5, 5.41) is 0.373. The number of benzene rings is 1. The first-order chi connectivity index (χ1) is 11.1. The highest BCUT2D eigenvalue weighted by Gasteiger charge is 2.29. The number of nitrogens with zero attached hydrogens (tertiary/aromatic N) is 1. The molecule has 1 heterocycles. The van der Waals surface area contributed by atoms with Crippen molar-refractivity contribution in [3.05, 3.63) is 29.3 Å². The van der Waals surface area contributed by atoms with Crippen molar-refractivity contribution < 1.29 is 17.9 Å². The molecule has 0 bridgehead atoms. The van der Waals surface area contributed by atoms with E-state index in [-0.39, 0.29) is 17.0 Å². The van der Waals surface area contributed by atoms with Crippen molar-refractivity contribution in [3.8, 4) is 0 Å². The largest absolute Gasteiger partial charge is 0.444 e. The Balaban J connectivity index is 1.92. The molecular weight excluding hydrogens is 352 g/mol. The number of rotatable bonds is 3. The molecule has 0 radical (unpaired) electrons. The van der Waals surface area contributed by atoms with Crippen LogP contribution in [-0.2, 0) is 14.8 Å². The number of nitrogens with one attached hydrogen (secondary N) is 1. The molecule has 1 aromatic rings. The van der Waals surface area contributed by atoms with E-state index in [4.69, 9.17) is 16.3 Å². The highest BCUT2D eigenvalue weighted by Crippen LogP contribution is 2.19. The first-order valence-corrected chi connectivity index (χ1v) is 9.69. The Morgan fingerprint density at radius 3 is 2.46 bits per heavy atom. The number of amides is 1. The summed E-state index contributed by atoms with van der Waals surface area (Å²) in [6, 6.07) is 5.93. The molecule has 2 rings (SSSR count). The van der Waals surface area contributed by atoms with E-state index >= 15 is 0 Å². The molecule has 0 saturated carbocycles. The molecular formula is C16H23ClN2O4S. The standard InChI is InChI=1S/C16H23ClN2O4S/c1-16(2,3)23-15(20)19-9-7-13(8-10-19)18-24(21,22)14-6-4-5-12(17)11-14/h4-6,11,13,18H,7-10H2,1-3H3. The smallest absolute Gasteiger partial charge is 0.410 e. The van der Waals surface area contributed by atoms with Crippen LogP contribution in [0, 0.1) is 0 Å². The van der Waals surface area contributed by atoms with Crippen molar-refractivity contribution >= 4 is 27.7 Å². The Morgan fingerprint density at radius 1 is 1.29 bits per heavy atom. The minimum Gasteiger partial charge on any atom is -0.444 e. The van der Waals surface area contributed by atoms with E-state index in [0.29, 0.717) is 31.0 Å². The molecule has 0 spiro atoms. The highest BCUT2D eigenvalue weighted by molar-refractivity contribution is 7.89. The number of hydrogen-bond donors (Lipinski definition) is 1. The topological polar surface area (TPSA) is 75.7 Å². The lowest BCUT2D eigenvalue weighted by Gasteiger charge is -2.33. The monoisotopic (exact) mass is 374 g/mol. The van der Waals surface area contributed by atoms with Crippen LogP contribution in [0.25, 0.3) is 0 Å². The molecule has 1 aliphatic heterocycles. The zero-order chi connectivity index (χ0) is 18.0. The summed E-state index contributed by atoms with van der Waals surface area (Å²) < 4.78 is 32.8. The van der Waals surface area contributed by atoms with Gasteiger partial charge in [0.2, 0.25) is 10.0 Å². The van der Waals surface area contributed by atoms with Crippen LogP contribution in [0.15, 0.2) is 29.2 Å². The summed E-state index contributed by atoms with van der Waals surface area (Å²) in [6.07, 6.45) is 0.719. The van der Waals surface area contributed by atoms with Crippen molar-refractivity contribution in [1.82, 2.24) is 9.62 Å². The van der Waals surface area contributed by atoms with E-state index in [1.807, 2.05) is 20.8 Å². The number of ether oxygens (including phenoxy) is 1. The number of piperidine rings is 1. The molecule has 1 fully saturated rings. The molecule has 1 amide bonds. The van der Waals surface area contributed by atoms with E-state index in [9.17, 15) is 13.2 Å². The number of halogens is 1. The van der Waals surface area contributed by atoms with Gasteiger partial charge in [0.05, 0.1) is 4.90 Å². The first kappa shape index (κ1) is 19.0. The van der Waals surface area contributed by atoms with Crippen molar-refractivity contribution in [2.24, 2.45) is 0 Å². The van der Waals surface area contributed by atoms with E-state index in [1.54, 1.807) is 17.0 Å². The van der Waals surface area contributed by atoms with Gasteiger partial charge in [0, 0.05) is 24.2 Å². The van der Waals surface area contributed by atoms with Gasteiger partial charge in [-0.2, -0.15) is 0 Å². The molecule has 134 valence electrons. The maximum Gasteiger partial charge on any atom is 0.410 e. The number of hydrogen-bond acceptors (Lipinski definition) is 4. The molecule has 0 aromatic heterocycles. The van der Waals surface area contributed by atoms with Gasteiger partial charge in [0.25, 0.3) is 0 Å². The zero-order valence-electron chi connectivity index (χ0n) is 14.1. The molecule has 24 heavy (non-hydrogen) atoms. The lowest BCUT2D eigenvalue weighted by molar-refractivity contribution is 0.0203. The molecule has 1 aliphatic rings. The van der Waals surface area contributed by atoms with Crippen LogP contribution < -0.4 is 4.72 Å². The van der Waals surface area contributed by atoms with Gasteiger partial charge in [-0.05, 0) is 51.8 Å². The van der Waals surface area contributed by atoms with Crippen LogP contribution in [0.4, 0.5) is 4.79 Å². The van der Waals surface area contributed by atoms with Crippen molar-refractivity contribution in [2.75, 3.05) is 13.1 Å². The van der Waals surface area contributed by atoms with Gasteiger partial charge in [0.15, 0.2) is 0 Å². The van der Waals surface area contributed by atoms with Gasteiger partial charge in [0.1, 0.15) is 5.60 Å². The first-order valence-electron chi connectivity index (χ1n) is 7.83. The minimum atomic E-state index is -3.62. The molecule has 0 aliphatic carbocycles. The second-order valence-electron chi connectivity index (χ2n) is 6.82. The molecule has 1 N–H and O–H groups in total. The fraction of sp³-hybridized carbons (Fsp3) is 0.562. The summed E-state index contributed by atoms with van der Waals surface area (Å²) in [6.45, 7) is 6.36. The predicted molar refractivity (Wildman–Crippen MR) is 92.6 cm³/mol. The Hall–Kier alpha value is -1.31. The summed E-state index contributed by atoms with van der Waals surface area (Å²) >= 11 is 5.85. The van der Waals surface area contributed by atoms with Gasteiger partial charge in [-0.25, -0.2) is 17.9 Å². The quantitative estimate of drug-likeness (QED) is 0.882. The van der Waals surface area contributed by atoms with Crippen LogP contribution in [0.3, 0.4) is 0 Å². The van der Waals surface area contributed by atoms with Gasteiger partial charge >= 0.3 is 6.09 Å². The van der Waals surface area contributed by atoms with E-state index in [2.05, 4.69) is 4.72 Å². The second-order valence-corrected chi connectivity index (χ2v) is 8.97. The van der Waals surface area contributed by atoms with Gasteiger partial charge in [-0.15, -0.1) is 0 Å². The van der Waals surface area contributed by atoms with Crippen molar-refractivity contribution in [2.45, 2.75) is 50.2 Å². The molecule has 0 atom stereocenters. The Kier molecular flexibility index (Phi) is 5.78. The van der Waals surface area contributed by atoms with Crippen LogP contribution >= 0.6 is 11.6 Å². The molecule has 8 heteroatoms. The molecule has 1 saturated heterocycles. The Labute approximate surface area is 148 Å². The molecule has 1 aromatic carbocycles. The summed E-state index contributed by atoms with van der Waals surface area (Å²) in [7, 11) is -3.62. The molecule has 0 unspecified atom stereocenters. The summed E-state index contributed by atoms with van der Waals surface area (Å²) in [4.78, 5) is 13.8. The third-order valence-corrected chi connectivity index (χ3v) is 5.33. The number of likely N-dealkylation sites (tertiary alicyclic amines) is 1. The summed E-state index contributed by atoms with van der Waals surface area (Å²) in [5.41, 5.74) is -0.540. The highest BCUT2D eigenvalue weighted by atomic mass is 35.5. The van der Waals surface area contributed by atoms with Crippen LogP contribution in [0.5, 0.6) is 0 Å². The Morgan fingerprint density at radius 2 is 1.92 bits per heavy atom. The van der Waals surface area contributed by atoms with Gasteiger partial charge < -0.3 is 9.64 Å². The lowest BCUT2D eigenvalue weighted by atomic mass is 10.1. The average Bonchev–Trinajstić information content (AvgIpc) is 2.46. The zero-order valence-corrected chi connectivity index (χ0v) is 15.7. The van der Waals surface area contributed by atoms with E-state index < -0.39 is 15.6 Å². The number of carbonyl (C=O) groups excluding carboxylic acids is 1. The maximum absolute atomic E-state index is 12.4. The Bertz CT molecular complexity index is 692. The van der Waals surface area contributed by atoms with E-state index in [0.717, 1.165) is 0 Å². The fourth-order valence-corrected chi connectivity index (χ4v) is 4.03. The fourth-order valence-electron chi connectivity index (χ4n) is 2.43. The normalized spacial score (nSPS) is 16.9. The number of sulfonamides is 1. The van der Waals surface area contributed by atoms with Crippen LogP contribution in [0.2, 0.25) is 5.02 Å². The lowest BCUT2D eigenvalue weighted by Crippen LogP contribution is -2.47. The second kappa shape index (κ2) is 7.29. The van der Waals surface area contributed by atoms with Crippen molar-refractivity contribution in [3.63, 3.8) is 0 Å². The molecule has 6 nitrogen and oxygen atoms in total. The average molecular weight is 375 g/mol. The predicted octanol–water partition coefficient (Wildman–Crippen LogP) is 3.02. The van der Waals surface area contributed by atoms with Crippen molar-refractivity contribution in [1.29, 1.82) is 0 Å². The summed E-state index contributed by atoms with van der Waals surface area (Å²) in [5.74, 6) is 0. The SMILES string of the molecule is CC(C)(C)OC(=O)N1CCC(NS(=O)(=O)c2cccc(Cl)c2)CC1. The third kappa shape index (κ3) is 5.36. The third-order valence-electron chi connectivity index (χ3n) is 3.57. The van der Waals surface area contributed by atoms with Gasteiger partial charge in [-0.1, -0.05) is 17.7 Å². The minimum absolute atomic E-state index is 0.143. The van der Waals surface area contributed by atoms with Crippen LogP contribution in [0.1, 0.15) is 33.6 Å². The van der Waals surface area contributed by atoms with E-state index in [1.165, 1.54) is 12.1 Å². The van der Waals surface area contributed by atoms with Crippen LogP contribution in [-0.4, -0.2) is 44.1 Å².